The van der Waals surface area contributed by atoms with Gasteiger partial charge in [0.25, 0.3) is 11.8 Å². The second-order valence-electron chi connectivity index (χ2n) is 7.41. The van der Waals surface area contributed by atoms with Gasteiger partial charge in [-0.3, -0.25) is 19.2 Å². The molecule has 0 unspecified atom stereocenters. The number of piperazine rings is 1. The van der Waals surface area contributed by atoms with Crippen molar-refractivity contribution < 1.29 is 28.7 Å². The van der Waals surface area contributed by atoms with Crippen molar-refractivity contribution in [2.24, 2.45) is 0 Å². The van der Waals surface area contributed by atoms with Crippen molar-refractivity contribution in [2.45, 2.75) is 12.8 Å². The predicted molar refractivity (Wildman–Crippen MR) is 115 cm³/mol. The van der Waals surface area contributed by atoms with Crippen molar-refractivity contribution in [2.75, 3.05) is 39.4 Å². The standard InChI is InChI=1S/C24H26N2O6/c27-21(17-31-23(29)15-19-7-3-1-4-8-19)25-11-13-26(14-12-25)22(28)18-32-24(30)16-20-9-5-2-6-10-20/h1-10H,11-18H2. The lowest BCUT2D eigenvalue weighted by Gasteiger charge is -2.34. The molecule has 1 saturated heterocycles. The number of carbonyl (C=O) groups excluding carboxylic acids is 4. The quantitative estimate of drug-likeness (QED) is 0.576. The van der Waals surface area contributed by atoms with Crippen LogP contribution in [0.5, 0.6) is 0 Å². The minimum Gasteiger partial charge on any atom is -0.455 e. The molecule has 1 fully saturated rings. The van der Waals surface area contributed by atoms with Crippen molar-refractivity contribution in [3.05, 3.63) is 71.8 Å². The zero-order valence-corrected chi connectivity index (χ0v) is 17.8. The fraction of sp³-hybridized carbons (Fsp3) is 0.333. The Bertz CT molecular complexity index is 847. The van der Waals surface area contributed by atoms with E-state index in [1.54, 1.807) is 9.80 Å². The van der Waals surface area contributed by atoms with E-state index in [0.717, 1.165) is 11.1 Å². The Balaban J connectivity index is 1.33. The molecular formula is C24H26N2O6. The van der Waals surface area contributed by atoms with Crippen LogP contribution in [-0.2, 0) is 41.5 Å². The van der Waals surface area contributed by atoms with Crippen LogP contribution in [0.2, 0.25) is 0 Å². The third-order valence-electron chi connectivity index (χ3n) is 5.08. The van der Waals surface area contributed by atoms with Gasteiger partial charge >= 0.3 is 11.9 Å². The summed E-state index contributed by atoms with van der Waals surface area (Å²) in [6.07, 6.45) is 0.221. The number of benzene rings is 2. The SMILES string of the molecule is O=C(Cc1ccccc1)OCC(=O)N1CCN(C(=O)COC(=O)Cc2ccccc2)CC1. The smallest absolute Gasteiger partial charge is 0.310 e. The van der Waals surface area contributed by atoms with Crippen LogP contribution in [0.25, 0.3) is 0 Å². The van der Waals surface area contributed by atoms with Crippen LogP contribution in [0.4, 0.5) is 0 Å². The minimum absolute atomic E-state index is 0.111. The molecule has 32 heavy (non-hydrogen) atoms. The third-order valence-corrected chi connectivity index (χ3v) is 5.08. The van der Waals surface area contributed by atoms with Gasteiger partial charge in [0.05, 0.1) is 12.8 Å². The molecule has 0 aliphatic carbocycles. The van der Waals surface area contributed by atoms with Crippen molar-refractivity contribution >= 4 is 23.8 Å². The Labute approximate surface area is 186 Å². The van der Waals surface area contributed by atoms with Crippen LogP contribution in [0, 0.1) is 0 Å². The van der Waals surface area contributed by atoms with E-state index >= 15 is 0 Å². The van der Waals surface area contributed by atoms with Gasteiger partial charge in [0.2, 0.25) is 0 Å². The molecular weight excluding hydrogens is 412 g/mol. The first-order chi connectivity index (χ1) is 15.5. The van der Waals surface area contributed by atoms with Gasteiger partial charge in [-0.05, 0) is 11.1 Å². The summed E-state index contributed by atoms with van der Waals surface area (Å²) in [5.41, 5.74) is 1.64. The van der Waals surface area contributed by atoms with E-state index in [1.165, 1.54) is 0 Å². The first kappa shape index (κ1) is 23.0. The largest absolute Gasteiger partial charge is 0.455 e. The summed E-state index contributed by atoms with van der Waals surface area (Å²) in [5.74, 6) is -1.52. The summed E-state index contributed by atoms with van der Waals surface area (Å²) < 4.78 is 10.2. The van der Waals surface area contributed by atoms with Crippen molar-refractivity contribution in [1.29, 1.82) is 0 Å². The molecule has 2 aromatic rings. The number of hydrogen-bond acceptors (Lipinski definition) is 6. The third kappa shape index (κ3) is 7.23. The summed E-state index contributed by atoms with van der Waals surface area (Å²) in [6.45, 7) is 0.683. The molecule has 0 atom stereocenters. The van der Waals surface area contributed by atoms with E-state index in [2.05, 4.69) is 0 Å². The summed E-state index contributed by atoms with van der Waals surface area (Å²) in [7, 11) is 0. The molecule has 1 heterocycles. The molecule has 168 valence electrons. The number of amides is 2. The van der Waals surface area contributed by atoms with Crippen molar-refractivity contribution in [1.82, 2.24) is 9.80 Å². The number of carbonyl (C=O) groups is 4. The molecule has 0 radical (unpaired) electrons. The number of rotatable bonds is 8. The number of hydrogen-bond donors (Lipinski definition) is 0. The molecule has 0 bridgehead atoms. The molecule has 8 nitrogen and oxygen atoms in total. The summed E-state index contributed by atoms with van der Waals surface area (Å²) >= 11 is 0. The topological polar surface area (TPSA) is 93.2 Å². The molecule has 0 spiro atoms. The Morgan fingerprint density at radius 3 is 1.28 bits per heavy atom. The van der Waals surface area contributed by atoms with Gasteiger partial charge in [-0.1, -0.05) is 60.7 Å². The van der Waals surface area contributed by atoms with Crippen LogP contribution in [0.3, 0.4) is 0 Å². The van der Waals surface area contributed by atoms with Crippen LogP contribution in [-0.4, -0.2) is 72.9 Å². The average molecular weight is 438 g/mol. The molecule has 2 aromatic carbocycles. The highest BCUT2D eigenvalue weighted by Gasteiger charge is 2.25. The number of ether oxygens (including phenoxy) is 2. The maximum Gasteiger partial charge on any atom is 0.310 e. The van der Waals surface area contributed by atoms with Gasteiger partial charge in [0.1, 0.15) is 0 Å². The Kier molecular flexibility index (Phi) is 8.36. The van der Waals surface area contributed by atoms with Gasteiger partial charge < -0.3 is 19.3 Å². The van der Waals surface area contributed by atoms with E-state index < -0.39 is 11.9 Å². The van der Waals surface area contributed by atoms with Crippen LogP contribution >= 0.6 is 0 Å². The maximum atomic E-state index is 12.3. The van der Waals surface area contributed by atoms with Gasteiger partial charge in [-0.2, -0.15) is 0 Å². The van der Waals surface area contributed by atoms with Gasteiger partial charge in [-0.15, -0.1) is 0 Å². The highest BCUT2D eigenvalue weighted by atomic mass is 16.5. The lowest BCUT2D eigenvalue weighted by Crippen LogP contribution is -2.52. The number of nitrogens with zero attached hydrogens (tertiary/aromatic N) is 2. The maximum absolute atomic E-state index is 12.3. The van der Waals surface area contributed by atoms with E-state index in [4.69, 9.17) is 9.47 Å². The van der Waals surface area contributed by atoms with Crippen LogP contribution in [0.1, 0.15) is 11.1 Å². The average Bonchev–Trinajstić information content (AvgIpc) is 2.82. The minimum atomic E-state index is -0.462. The molecule has 8 heteroatoms. The van der Waals surface area contributed by atoms with Crippen molar-refractivity contribution in [3.8, 4) is 0 Å². The molecule has 0 saturated carbocycles. The molecule has 0 N–H and O–H groups in total. The first-order valence-electron chi connectivity index (χ1n) is 10.5. The second-order valence-corrected chi connectivity index (χ2v) is 7.41. The van der Waals surface area contributed by atoms with Crippen molar-refractivity contribution in [3.63, 3.8) is 0 Å². The molecule has 3 rings (SSSR count). The fourth-order valence-corrected chi connectivity index (χ4v) is 3.30. The first-order valence-corrected chi connectivity index (χ1v) is 10.5. The molecule has 2 amide bonds. The highest BCUT2D eigenvalue weighted by molar-refractivity contribution is 5.83. The Hall–Kier alpha value is -3.68. The summed E-state index contributed by atoms with van der Waals surface area (Å²) in [6, 6.07) is 18.3. The van der Waals surface area contributed by atoms with E-state index in [0.29, 0.717) is 26.2 Å². The summed E-state index contributed by atoms with van der Waals surface area (Å²) in [4.78, 5) is 51.5. The zero-order chi connectivity index (χ0) is 22.8. The fourth-order valence-electron chi connectivity index (χ4n) is 3.30. The highest BCUT2D eigenvalue weighted by Crippen LogP contribution is 2.06. The lowest BCUT2D eigenvalue weighted by molar-refractivity contribution is -0.155. The Morgan fingerprint density at radius 2 is 0.938 bits per heavy atom. The molecule has 1 aliphatic heterocycles. The van der Waals surface area contributed by atoms with Gasteiger partial charge in [-0.25, -0.2) is 0 Å². The Morgan fingerprint density at radius 1 is 0.594 bits per heavy atom. The zero-order valence-electron chi connectivity index (χ0n) is 17.8. The van der Waals surface area contributed by atoms with E-state index in [9.17, 15) is 19.2 Å². The molecule has 1 aliphatic rings. The van der Waals surface area contributed by atoms with Gasteiger partial charge in [0.15, 0.2) is 13.2 Å². The van der Waals surface area contributed by atoms with E-state index in [1.807, 2.05) is 60.7 Å². The monoisotopic (exact) mass is 438 g/mol. The lowest BCUT2D eigenvalue weighted by atomic mass is 10.2. The normalized spacial score (nSPS) is 13.4. The van der Waals surface area contributed by atoms with Crippen LogP contribution < -0.4 is 0 Å². The molecule has 0 aromatic heterocycles. The summed E-state index contributed by atoms with van der Waals surface area (Å²) in [5, 5.41) is 0. The predicted octanol–water partition coefficient (Wildman–Crippen LogP) is 1.23. The van der Waals surface area contributed by atoms with Gasteiger partial charge in [0, 0.05) is 26.2 Å². The van der Waals surface area contributed by atoms with Crippen LogP contribution in [0.15, 0.2) is 60.7 Å². The van der Waals surface area contributed by atoms with E-state index in [-0.39, 0.29) is 37.9 Å². The second kappa shape index (κ2) is 11.6. The number of esters is 2.